The van der Waals surface area contributed by atoms with Gasteiger partial charge in [0.05, 0.1) is 27.2 Å². The van der Waals surface area contributed by atoms with Gasteiger partial charge in [0.2, 0.25) is 0 Å². The van der Waals surface area contributed by atoms with E-state index in [-0.39, 0.29) is 17.0 Å². The third-order valence-electron chi connectivity index (χ3n) is 6.51. The Morgan fingerprint density at radius 2 is 0.700 bits per heavy atom. The van der Waals surface area contributed by atoms with Gasteiger partial charge in [0, 0.05) is 11.8 Å². The highest BCUT2D eigenvalue weighted by molar-refractivity contribution is 9.09. The molecule has 0 heterocycles. The number of nitrogens with zero attached hydrogens (tertiary/aromatic N) is 1. The van der Waals surface area contributed by atoms with Crippen LogP contribution in [0.2, 0.25) is 0 Å². The Labute approximate surface area is 211 Å². The van der Waals surface area contributed by atoms with Crippen molar-refractivity contribution < 1.29 is 21.5 Å². The van der Waals surface area contributed by atoms with E-state index >= 15 is 0 Å². The first kappa shape index (κ1) is 33.1. The summed E-state index contributed by atoms with van der Waals surface area (Å²) >= 11 is 3.55. The lowest BCUT2D eigenvalue weighted by Gasteiger charge is -2.29. The first-order chi connectivity index (χ1) is 14.1. The second-order valence-corrected chi connectivity index (χ2v) is 10.9. The summed E-state index contributed by atoms with van der Waals surface area (Å²) in [5.74, 6) is 0. The number of rotatable bonds is 24. The zero-order valence-electron chi connectivity index (χ0n) is 21.2. The van der Waals surface area contributed by atoms with Crippen molar-refractivity contribution in [1.29, 1.82) is 0 Å². The van der Waals surface area contributed by atoms with Crippen molar-refractivity contribution in [3.05, 3.63) is 0 Å². The van der Waals surface area contributed by atoms with Crippen LogP contribution in [0.3, 0.4) is 0 Å². The third-order valence-corrected chi connectivity index (χ3v) is 7.07. The van der Waals surface area contributed by atoms with Gasteiger partial charge >= 0.3 is 0 Å². The van der Waals surface area contributed by atoms with Crippen LogP contribution in [-0.2, 0) is 0 Å². The molecule has 0 spiro atoms. The van der Waals surface area contributed by atoms with Crippen molar-refractivity contribution in [2.24, 2.45) is 0 Å². The highest BCUT2D eigenvalue weighted by Gasteiger charge is 2.12. The first-order valence-corrected chi connectivity index (χ1v) is 14.6. The number of hydrogen-bond acceptors (Lipinski definition) is 0. The Bertz CT molecular complexity index is 307. The van der Waals surface area contributed by atoms with Crippen LogP contribution in [0.15, 0.2) is 0 Å². The van der Waals surface area contributed by atoms with Gasteiger partial charge < -0.3 is 21.5 Å². The lowest BCUT2D eigenvalue weighted by molar-refractivity contribution is -0.890. The molecule has 0 aromatic carbocycles. The van der Waals surface area contributed by atoms with Crippen molar-refractivity contribution >= 4 is 15.9 Å². The summed E-state index contributed by atoms with van der Waals surface area (Å²) in [4.78, 5) is 0. The van der Waals surface area contributed by atoms with Crippen LogP contribution in [0, 0.1) is 0 Å². The Hall–Kier alpha value is 0.920. The quantitative estimate of drug-likeness (QED) is 0.0709. The molecule has 3 heteroatoms. The Balaban J connectivity index is 0. The first-order valence-electron chi connectivity index (χ1n) is 13.5. The van der Waals surface area contributed by atoms with Crippen LogP contribution in [0.5, 0.6) is 0 Å². The van der Waals surface area contributed by atoms with E-state index < -0.39 is 0 Å². The van der Waals surface area contributed by atoms with E-state index in [9.17, 15) is 0 Å². The van der Waals surface area contributed by atoms with Crippen LogP contribution in [0.25, 0.3) is 0 Å². The fourth-order valence-electron chi connectivity index (χ4n) is 4.39. The van der Waals surface area contributed by atoms with E-state index in [4.69, 9.17) is 0 Å². The summed E-state index contributed by atoms with van der Waals surface area (Å²) in [5.41, 5.74) is 0. The number of halogens is 2. The minimum atomic E-state index is 0. The average molecular weight is 556 g/mol. The van der Waals surface area contributed by atoms with Crippen LogP contribution in [-0.4, -0.2) is 37.0 Å². The van der Waals surface area contributed by atoms with Crippen LogP contribution in [0.1, 0.15) is 142 Å². The number of alkyl halides is 1. The lowest BCUT2D eigenvalue weighted by atomic mass is 10.0. The largest absolute Gasteiger partial charge is 1.00 e. The second kappa shape index (κ2) is 26.2. The predicted molar refractivity (Wildman–Crippen MR) is 138 cm³/mol. The van der Waals surface area contributed by atoms with Gasteiger partial charge in [-0.2, -0.15) is 0 Å². The van der Waals surface area contributed by atoms with Gasteiger partial charge in [-0.3, -0.25) is 0 Å². The molecule has 0 saturated carbocycles. The van der Waals surface area contributed by atoms with Crippen molar-refractivity contribution in [3.63, 3.8) is 0 Å². The van der Waals surface area contributed by atoms with E-state index in [0.29, 0.717) is 0 Å². The molecule has 0 amide bonds. The summed E-state index contributed by atoms with van der Waals surface area (Å²) in [7, 11) is 4.77. The molecule has 0 radical (unpaired) electrons. The average Bonchev–Trinajstić information content (AvgIpc) is 2.71. The van der Waals surface area contributed by atoms with Gasteiger partial charge in [0.15, 0.2) is 0 Å². The van der Waals surface area contributed by atoms with Gasteiger partial charge in [-0.15, -0.1) is 0 Å². The Kier molecular flexibility index (Phi) is 28.9. The summed E-state index contributed by atoms with van der Waals surface area (Å²) in [6, 6.07) is 0. The van der Waals surface area contributed by atoms with Crippen molar-refractivity contribution in [2.75, 3.05) is 32.5 Å². The molecule has 0 aromatic rings. The normalized spacial score (nSPS) is 11.6. The predicted octanol–water partition coefficient (Wildman–Crippen LogP) is 6.67. The fraction of sp³-hybridized carbons (Fsp3) is 1.00. The van der Waals surface area contributed by atoms with Crippen LogP contribution >= 0.6 is 15.9 Å². The molecule has 0 N–H and O–H groups in total. The second-order valence-electron chi connectivity index (χ2n) is 10.1. The highest BCUT2D eigenvalue weighted by atomic mass is 79.9. The molecule has 30 heavy (non-hydrogen) atoms. The van der Waals surface area contributed by atoms with E-state index in [1.807, 2.05) is 0 Å². The third kappa shape index (κ3) is 27.0. The molecule has 0 unspecified atom stereocenters. The van der Waals surface area contributed by atoms with E-state index in [0.717, 1.165) is 5.33 Å². The van der Waals surface area contributed by atoms with Gasteiger partial charge in [-0.1, -0.05) is 138 Å². The monoisotopic (exact) mass is 553 g/mol. The summed E-state index contributed by atoms with van der Waals surface area (Å²) in [5, 5.41) is 1.15. The molecule has 0 atom stereocenters. The molecular formula is C27H57Br2N. The summed E-state index contributed by atoms with van der Waals surface area (Å²) < 4.78 is 1.20. The lowest BCUT2D eigenvalue weighted by Crippen LogP contribution is -3.00. The van der Waals surface area contributed by atoms with Crippen molar-refractivity contribution in [3.8, 4) is 0 Å². The standard InChI is InChI=1S/C27H57BrN.BrH/c1-4-5-6-7-8-9-10-11-12-13-14-15-16-17-18-19-20-21-22-23-26-29(2,3)27-24-25-28;/h4-27H2,1-3H3;1H/q+1;/p-1. The molecule has 0 rings (SSSR count). The minimum Gasteiger partial charge on any atom is -1.00 e. The van der Waals surface area contributed by atoms with E-state index in [1.165, 1.54) is 152 Å². The molecule has 184 valence electrons. The minimum absolute atomic E-state index is 0. The molecule has 0 aliphatic heterocycles. The Morgan fingerprint density at radius 3 is 1.00 bits per heavy atom. The van der Waals surface area contributed by atoms with Gasteiger partial charge in [0.25, 0.3) is 0 Å². The maximum Gasteiger partial charge on any atom is 0.0790 e. The van der Waals surface area contributed by atoms with E-state index in [2.05, 4.69) is 36.9 Å². The van der Waals surface area contributed by atoms with Gasteiger partial charge in [0.1, 0.15) is 0 Å². The van der Waals surface area contributed by atoms with E-state index in [1.54, 1.807) is 0 Å². The Morgan fingerprint density at radius 1 is 0.433 bits per heavy atom. The molecule has 0 aromatic heterocycles. The topological polar surface area (TPSA) is 0 Å². The molecule has 0 saturated heterocycles. The molecule has 0 aliphatic carbocycles. The van der Waals surface area contributed by atoms with Crippen LogP contribution < -0.4 is 17.0 Å². The summed E-state index contributed by atoms with van der Waals surface area (Å²) in [6.07, 6.45) is 30.6. The maximum absolute atomic E-state index is 3.55. The fourth-order valence-corrected chi connectivity index (χ4v) is 4.65. The van der Waals surface area contributed by atoms with Crippen molar-refractivity contribution in [1.82, 2.24) is 0 Å². The maximum atomic E-state index is 3.55. The number of unbranched alkanes of at least 4 members (excludes halogenated alkanes) is 19. The molecule has 0 bridgehead atoms. The molecule has 0 fully saturated rings. The smallest absolute Gasteiger partial charge is 0.0790 e. The zero-order valence-corrected chi connectivity index (χ0v) is 24.3. The SMILES string of the molecule is CCCCCCCCCCCCCCCCCCCCCC[N+](C)(C)CCCBr.[Br-]. The van der Waals surface area contributed by atoms with Gasteiger partial charge in [-0.05, 0) is 12.8 Å². The number of quaternary nitrogens is 1. The highest BCUT2D eigenvalue weighted by Crippen LogP contribution is 2.15. The zero-order chi connectivity index (χ0) is 21.5. The van der Waals surface area contributed by atoms with Crippen molar-refractivity contribution in [2.45, 2.75) is 142 Å². The molecule has 1 nitrogen and oxygen atoms in total. The molecular weight excluding hydrogens is 498 g/mol. The van der Waals surface area contributed by atoms with Gasteiger partial charge in [-0.25, -0.2) is 0 Å². The molecule has 0 aliphatic rings. The summed E-state index contributed by atoms with van der Waals surface area (Å²) in [6.45, 7) is 4.97. The van der Waals surface area contributed by atoms with Crippen LogP contribution in [0.4, 0.5) is 0 Å². The number of hydrogen-bond donors (Lipinski definition) is 0.